The lowest BCUT2D eigenvalue weighted by molar-refractivity contribution is 0.117. The standard InChI is InChI=1S/C15H23Cl2NO/c1-11(2)5-7-19-8-6-13(18)9-12-3-4-14(16)15(17)10-12/h3-4,10-11,13H,5-9,18H2,1-2H3. The van der Waals surface area contributed by atoms with Gasteiger partial charge in [0.25, 0.3) is 0 Å². The Morgan fingerprint density at radius 3 is 2.42 bits per heavy atom. The highest BCUT2D eigenvalue weighted by Crippen LogP contribution is 2.23. The molecule has 1 unspecified atom stereocenters. The van der Waals surface area contributed by atoms with Gasteiger partial charge in [0.15, 0.2) is 0 Å². The van der Waals surface area contributed by atoms with Gasteiger partial charge in [-0.15, -0.1) is 0 Å². The van der Waals surface area contributed by atoms with Crippen LogP contribution in [-0.4, -0.2) is 19.3 Å². The van der Waals surface area contributed by atoms with E-state index in [1.165, 1.54) is 0 Å². The van der Waals surface area contributed by atoms with E-state index < -0.39 is 0 Å². The van der Waals surface area contributed by atoms with Gasteiger partial charge in [0.2, 0.25) is 0 Å². The van der Waals surface area contributed by atoms with Crippen molar-refractivity contribution in [2.75, 3.05) is 13.2 Å². The first-order valence-electron chi connectivity index (χ1n) is 6.76. The summed E-state index contributed by atoms with van der Waals surface area (Å²) in [7, 11) is 0. The maximum absolute atomic E-state index is 6.08. The SMILES string of the molecule is CC(C)CCOCCC(N)Cc1ccc(Cl)c(Cl)c1. The van der Waals surface area contributed by atoms with Crippen LogP contribution in [0, 0.1) is 5.92 Å². The fraction of sp³-hybridized carbons (Fsp3) is 0.600. The number of hydrogen-bond acceptors (Lipinski definition) is 2. The lowest BCUT2D eigenvalue weighted by Gasteiger charge is -2.13. The summed E-state index contributed by atoms with van der Waals surface area (Å²) in [4.78, 5) is 0. The molecule has 1 atom stereocenters. The average molecular weight is 304 g/mol. The van der Waals surface area contributed by atoms with E-state index >= 15 is 0 Å². The van der Waals surface area contributed by atoms with E-state index in [1.807, 2.05) is 18.2 Å². The third kappa shape index (κ3) is 7.17. The molecule has 0 heterocycles. The van der Waals surface area contributed by atoms with Gasteiger partial charge < -0.3 is 10.5 Å². The van der Waals surface area contributed by atoms with E-state index in [1.54, 1.807) is 0 Å². The Balaban J connectivity index is 2.23. The lowest BCUT2D eigenvalue weighted by Crippen LogP contribution is -2.24. The van der Waals surface area contributed by atoms with Gasteiger partial charge in [0.1, 0.15) is 0 Å². The van der Waals surface area contributed by atoms with Crippen LogP contribution in [0.1, 0.15) is 32.3 Å². The highest BCUT2D eigenvalue weighted by atomic mass is 35.5. The Morgan fingerprint density at radius 2 is 1.79 bits per heavy atom. The lowest BCUT2D eigenvalue weighted by atomic mass is 10.0. The van der Waals surface area contributed by atoms with Crippen molar-refractivity contribution in [3.05, 3.63) is 33.8 Å². The fourth-order valence-electron chi connectivity index (χ4n) is 1.73. The molecule has 0 bridgehead atoms. The first-order chi connectivity index (χ1) is 8.99. The topological polar surface area (TPSA) is 35.2 Å². The highest BCUT2D eigenvalue weighted by molar-refractivity contribution is 6.42. The fourth-order valence-corrected chi connectivity index (χ4v) is 2.05. The molecule has 0 fully saturated rings. The second kappa shape index (κ2) is 8.80. The number of rotatable bonds is 8. The number of halogens is 2. The molecule has 19 heavy (non-hydrogen) atoms. The molecule has 4 heteroatoms. The van der Waals surface area contributed by atoms with Crippen LogP contribution in [0.2, 0.25) is 10.0 Å². The van der Waals surface area contributed by atoms with Crippen molar-refractivity contribution >= 4 is 23.2 Å². The van der Waals surface area contributed by atoms with E-state index in [4.69, 9.17) is 33.7 Å². The van der Waals surface area contributed by atoms with Crippen LogP contribution in [0.5, 0.6) is 0 Å². The van der Waals surface area contributed by atoms with Crippen LogP contribution in [0.15, 0.2) is 18.2 Å². The number of ether oxygens (including phenoxy) is 1. The molecule has 0 radical (unpaired) electrons. The summed E-state index contributed by atoms with van der Waals surface area (Å²) in [6, 6.07) is 5.75. The third-order valence-corrected chi connectivity index (χ3v) is 3.69. The van der Waals surface area contributed by atoms with Crippen LogP contribution in [0.4, 0.5) is 0 Å². The average Bonchev–Trinajstić information content (AvgIpc) is 2.33. The quantitative estimate of drug-likeness (QED) is 0.726. The number of nitrogens with two attached hydrogens (primary N) is 1. The van der Waals surface area contributed by atoms with Gasteiger partial charge in [-0.3, -0.25) is 0 Å². The van der Waals surface area contributed by atoms with Gasteiger partial charge in [-0.2, -0.15) is 0 Å². The van der Waals surface area contributed by atoms with E-state index in [-0.39, 0.29) is 6.04 Å². The molecule has 0 spiro atoms. The molecule has 0 aliphatic carbocycles. The van der Waals surface area contributed by atoms with Crippen molar-refractivity contribution in [3.8, 4) is 0 Å². The molecule has 0 amide bonds. The van der Waals surface area contributed by atoms with Crippen LogP contribution in [0.3, 0.4) is 0 Å². The molecule has 0 aliphatic rings. The summed E-state index contributed by atoms with van der Waals surface area (Å²) in [6.45, 7) is 5.92. The Morgan fingerprint density at radius 1 is 1.11 bits per heavy atom. The van der Waals surface area contributed by atoms with Crippen molar-refractivity contribution in [1.82, 2.24) is 0 Å². The predicted molar refractivity (Wildman–Crippen MR) is 83.0 cm³/mol. The molecule has 0 aliphatic heterocycles. The molecule has 0 saturated carbocycles. The molecule has 108 valence electrons. The van der Waals surface area contributed by atoms with Crippen LogP contribution < -0.4 is 5.73 Å². The molecule has 1 aromatic carbocycles. The second-order valence-electron chi connectivity index (χ2n) is 5.30. The summed E-state index contributed by atoms with van der Waals surface area (Å²) in [5.74, 6) is 0.685. The minimum Gasteiger partial charge on any atom is -0.381 e. The maximum atomic E-state index is 6.08. The normalized spacial score (nSPS) is 12.9. The molecular formula is C15H23Cl2NO. The van der Waals surface area contributed by atoms with Gasteiger partial charge in [-0.05, 0) is 42.9 Å². The first-order valence-corrected chi connectivity index (χ1v) is 7.52. The maximum Gasteiger partial charge on any atom is 0.0595 e. The van der Waals surface area contributed by atoms with Gasteiger partial charge in [0, 0.05) is 19.3 Å². The van der Waals surface area contributed by atoms with Crippen molar-refractivity contribution in [2.24, 2.45) is 11.7 Å². The van der Waals surface area contributed by atoms with Crippen molar-refractivity contribution in [1.29, 1.82) is 0 Å². The second-order valence-corrected chi connectivity index (χ2v) is 6.11. The highest BCUT2D eigenvalue weighted by Gasteiger charge is 2.06. The summed E-state index contributed by atoms with van der Waals surface area (Å²) >= 11 is 11.9. The van der Waals surface area contributed by atoms with Gasteiger partial charge >= 0.3 is 0 Å². The van der Waals surface area contributed by atoms with Crippen LogP contribution >= 0.6 is 23.2 Å². The molecule has 0 saturated heterocycles. The summed E-state index contributed by atoms with van der Waals surface area (Å²) in [6.07, 6.45) is 2.75. The minimum atomic E-state index is 0.0938. The summed E-state index contributed by atoms with van der Waals surface area (Å²) in [5, 5.41) is 1.16. The number of hydrogen-bond donors (Lipinski definition) is 1. The zero-order valence-corrected chi connectivity index (χ0v) is 13.2. The number of benzene rings is 1. The van der Waals surface area contributed by atoms with Gasteiger partial charge in [-0.1, -0.05) is 43.1 Å². The summed E-state index contributed by atoms with van der Waals surface area (Å²) < 4.78 is 5.57. The Labute approximate surface area is 126 Å². The third-order valence-electron chi connectivity index (χ3n) is 2.95. The van der Waals surface area contributed by atoms with E-state index in [0.717, 1.165) is 38.0 Å². The molecule has 0 aromatic heterocycles. The smallest absolute Gasteiger partial charge is 0.0595 e. The molecule has 1 aromatic rings. The van der Waals surface area contributed by atoms with E-state index in [0.29, 0.717) is 16.0 Å². The molecule has 2 N–H and O–H groups in total. The van der Waals surface area contributed by atoms with Gasteiger partial charge in [-0.25, -0.2) is 0 Å². The zero-order valence-electron chi connectivity index (χ0n) is 11.7. The molecule has 1 rings (SSSR count). The van der Waals surface area contributed by atoms with E-state index in [9.17, 15) is 0 Å². The monoisotopic (exact) mass is 303 g/mol. The molecule has 2 nitrogen and oxygen atoms in total. The Kier molecular flexibility index (Phi) is 7.77. The first kappa shape index (κ1) is 16.8. The minimum absolute atomic E-state index is 0.0938. The van der Waals surface area contributed by atoms with Crippen molar-refractivity contribution in [2.45, 2.75) is 39.2 Å². The van der Waals surface area contributed by atoms with Gasteiger partial charge in [0.05, 0.1) is 10.0 Å². The Bertz CT molecular complexity index is 382. The summed E-state index contributed by atoms with van der Waals surface area (Å²) in [5.41, 5.74) is 7.19. The van der Waals surface area contributed by atoms with Crippen LogP contribution in [-0.2, 0) is 11.2 Å². The largest absolute Gasteiger partial charge is 0.381 e. The molecular weight excluding hydrogens is 281 g/mol. The van der Waals surface area contributed by atoms with Crippen molar-refractivity contribution in [3.63, 3.8) is 0 Å². The predicted octanol–water partition coefficient (Wildman–Crippen LogP) is 4.32. The van der Waals surface area contributed by atoms with Crippen LogP contribution in [0.25, 0.3) is 0 Å². The Hall–Kier alpha value is -0.280. The zero-order chi connectivity index (χ0) is 14.3. The van der Waals surface area contributed by atoms with E-state index in [2.05, 4.69) is 13.8 Å². The van der Waals surface area contributed by atoms with Crippen molar-refractivity contribution < 1.29 is 4.74 Å².